The van der Waals surface area contributed by atoms with Crippen LogP contribution >= 0.6 is 11.8 Å². The molecule has 2 aliphatic rings. The molecule has 9 heteroatoms. The lowest BCUT2D eigenvalue weighted by molar-refractivity contribution is -0.115. The molecule has 0 atom stereocenters. The van der Waals surface area contributed by atoms with Gasteiger partial charge in [-0.25, -0.2) is 9.97 Å². The Morgan fingerprint density at radius 1 is 0.971 bits per heavy atom. The van der Waals surface area contributed by atoms with Crippen molar-refractivity contribution >= 4 is 34.9 Å². The molecule has 178 valence electrons. The van der Waals surface area contributed by atoms with Crippen LogP contribution in [-0.2, 0) is 11.3 Å². The summed E-state index contributed by atoms with van der Waals surface area (Å²) in [5.41, 5.74) is 3.97. The van der Waals surface area contributed by atoms with Crippen molar-refractivity contribution in [2.45, 2.75) is 44.3 Å². The first-order valence-corrected chi connectivity index (χ1v) is 12.5. The van der Waals surface area contributed by atoms with E-state index in [1.165, 1.54) is 5.56 Å². The number of imide groups is 1. The standard InChI is InChI=1S/C26H26N6O2S/c33-24-23(35-26(34)32-24)15-21-11-13-28-25(31-21)30-20-9-7-19(8-10-20)29-16-17-4-3-5-18(14-17)22-6-1-2-12-27-22/h1-6,11-15,19-20,29H,7-10,16H2,(H,28,30,31)(H,32,33,34)/b23-15-/t19-,20-. The third-order valence-corrected chi connectivity index (χ3v) is 6.95. The molecule has 1 aliphatic carbocycles. The number of carbonyl (C=O) groups is 2. The molecular formula is C26H26N6O2S. The zero-order chi connectivity index (χ0) is 24.0. The lowest BCUT2D eigenvalue weighted by atomic mass is 9.91. The maximum Gasteiger partial charge on any atom is 0.290 e. The molecule has 2 amide bonds. The summed E-state index contributed by atoms with van der Waals surface area (Å²) in [6.07, 6.45) is 9.27. The molecule has 0 spiro atoms. The highest BCUT2D eigenvalue weighted by Gasteiger charge is 2.25. The number of carbonyl (C=O) groups excluding carboxylic acids is 2. The first-order valence-electron chi connectivity index (χ1n) is 11.7. The zero-order valence-electron chi connectivity index (χ0n) is 19.1. The van der Waals surface area contributed by atoms with E-state index in [9.17, 15) is 9.59 Å². The van der Waals surface area contributed by atoms with E-state index in [2.05, 4.69) is 55.2 Å². The van der Waals surface area contributed by atoms with Gasteiger partial charge < -0.3 is 10.6 Å². The monoisotopic (exact) mass is 486 g/mol. The number of amides is 2. The van der Waals surface area contributed by atoms with Crippen LogP contribution in [0.2, 0.25) is 0 Å². The van der Waals surface area contributed by atoms with Gasteiger partial charge in [-0.15, -0.1) is 0 Å². The molecule has 1 saturated heterocycles. The van der Waals surface area contributed by atoms with Crippen molar-refractivity contribution in [2.24, 2.45) is 0 Å². The average Bonchev–Trinajstić information content (AvgIpc) is 3.20. The molecule has 1 aromatic carbocycles. The summed E-state index contributed by atoms with van der Waals surface area (Å²) in [5.74, 6) is 0.152. The van der Waals surface area contributed by atoms with Gasteiger partial charge in [-0.1, -0.05) is 24.3 Å². The number of hydrogen-bond donors (Lipinski definition) is 3. The van der Waals surface area contributed by atoms with Gasteiger partial charge in [0.2, 0.25) is 5.95 Å². The quantitative estimate of drug-likeness (QED) is 0.422. The van der Waals surface area contributed by atoms with Gasteiger partial charge in [-0.2, -0.15) is 0 Å². The van der Waals surface area contributed by atoms with E-state index in [4.69, 9.17) is 0 Å². The Balaban J connectivity index is 1.11. The molecule has 35 heavy (non-hydrogen) atoms. The zero-order valence-corrected chi connectivity index (χ0v) is 19.9. The molecule has 2 aromatic heterocycles. The SMILES string of the molecule is O=C1NC(=O)/C(=C/c2ccnc(N[C@H]3CC[C@H](NCc4cccc(-c5ccccn5)c4)CC3)n2)S1. The minimum atomic E-state index is -0.387. The Kier molecular flexibility index (Phi) is 7.15. The number of anilines is 1. The lowest BCUT2D eigenvalue weighted by Crippen LogP contribution is -2.36. The van der Waals surface area contributed by atoms with Gasteiger partial charge in [-0.05, 0) is 73.4 Å². The largest absolute Gasteiger partial charge is 0.351 e. The van der Waals surface area contributed by atoms with Crippen LogP contribution in [0.3, 0.4) is 0 Å². The molecule has 8 nitrogen and oxygen atoms in total. The van der Waals surface area contributed by atoms with E-state index in [-0.39, 0.29) is 11.1 Å². The van der Waals surface area contributed by atoms with Crippen LogP contribution in [0.25, 0.3) is 17.3 Å². The van der Waals surface area contributed by atoms with Gasteiger partial charge in [-0.3, -0.25) is 19.9 Å². The number of aromatic nitrogens is 3. The normalized spacial score (nSPS) is 21.2. The van der Waals surface area contributed by atoms with Crippen molar-refractivity contribution in [3.05, 3.63) is 77.1 Å². The Morgan fingerprint density at radius 2 is 1.83 bits per heavy atom. The second kappa shape index (κ2) is 10.8. The first-order chi connectivity index (χ1) is 17.1. The maximum absolute atomic E-state index is 11.8. The highest BCUT2D eigenvalue weighted by Crippen LogP contribution is 2.26. The predicted molar refractivity (Wildman–Crippen MR) is 137 cm³/mol. The van der Waals surface area contributed by atoms with Crippen molar-refractivity contribution in [1.29, 1.82) is 0 Å². The van der Waals surface area contributed by atoms with E-state index < -0.39 is 0 Å². The first kappa shape index (κ1) is 23.2. The van der Waals surface area contributed by atoms with Gasteiger partial charge in [0.25, 0.3) is 11.1 Å². The molecule has 3 heterocycles. The third-order valence-electron chi connectivity index (χ3n) is 6.14. The van der Waals surface area contributed by atoms with Gasteiger partial charge >= 0.3 is 0 Å². The van der Waals surface area contributed by atoms with Crippen LogP contribution in [0.1, 0.15) is 36.9 Å². The van der Waals surface area contributed by atoms with E-state index in [0.29, 0.717) is 28.6 Å². The smallest absolute Gasteiger partial charge is 0.290 e. The maximum atomic E-state index is 11.8. The van der Waals surface area contributed by atoms with Crippen molar-refractivity contribution < 1.29 is 9.59 Å². The molecule has 1 aliphatic heterocycles. The second-order valence-electron chi connectivity index (χ2n) is 8.65. The fourth-order valence-electron chi connectivity index (χ4n) is 4.34. The number of nitrogens with one attached hydrogen (secondary N) is 3. The number of nitrogens with zero attached hydrogens (tertiary/aromatic N) is 3. The summed E-state index contributed by atoms with van der Waals surface area (Å²) in [6.45, 7) is 0.831. The number of thioether (sulfide) groups is 1. The summed E-state index contributed by atoms with van der Waals surface area (Å²) < 4.78 is 0. The summed E-state index contributed by atoms with van der Waals surface area (Å²) >= 11 is 0.883. The molecule has 0 bridgehead atoms. The molecular weight excluding hydrogens is 460 g/mol. The summed E-state index contributed by atoms with van der Waals surface area (Å²) in [4.78, 5) is 36.7. The Hall–Kier alpha value is -3.56. The van der Waals surface area contributed by atoms with Crippen LogP contribution in [0.5, 0.6) is 0 Å². The molecule has 0 unspecified atom stereocenters. The molecule has 2 fully saturated rings. The van der Waals surface area contributed by atoms with E-state index in [1.54, 1.807) is 18.3 Å². The number of hydrogen-bond acceptors (Lipinski definition) is 8. The van der Waals surface area contributed by atoms with E-state index >= 15 is 0 Å². The predicted octanol–water partition coefficient (Wildman–Crippen LogP) is 4.38. The van der Waals surface area contributed by atoms with Crippen LogP contribution < -0.4 is 16.0 Å². The number of rotatable bonds is 7. The minimum Gasteiger partial charge on any atom is -0.351 e. The molecule has 5 rings (SSSR count). The van der Waals surface area contributed by atoms with Crippen molar-refractivity contribution in [1.82, 2.24) is 25.6 Å². The van der Waals surface area contributed by atoms with Crippen LogP contribution in [-0.4, -0.2) is 38.2 Å². The molecule has 1 saturated carbocycles. The summed E-state index contributed by atoms with van der Waals surface area (Å²) in [5, 5.41) is 9.02. The molecule has 0 radical (unpaired) electrons. The van der Waals surface area contributed by atoms with E-state index in [0.717, 1.165) is 55.2 Å². The van der Waals surface area contributed by atoms with E-state index in [1.807, 2.05) is 24.4 Å². The topological polar surface area (TPSA) is 109 Å². The highest BCUT2D eigenvalue weighted by molar-refractivity contribution is 8.18. The lowest BCUT2D eigenvalue weighted by Gasteiger charge is -2.30. The average molecular weight is 487 g/mol. The van der Waals surface area contributed by atoms with Crippen LogP contribution in [0, 0.1) is 0 Å². The minimum absolute atomic E-state index is 0.300. The Labute approximate surface area is 208 Å². The van der Waals surface area contributed by atoms with Gasteiger partial charge in [0, 0.05) is 36.6 Å². The van der Waals surface area contributed by atoms with Crippen LogP contribution in [0.4, 0.5) is 10.7 Å². The Bertz CT molecular complexity index is 1240. The fourth-order valence-corrected chi connectivity index (χ4v) is 5.01. The summed E-state index contributed by atoms with van der Waals surface area (Å²) in [7, 11) is 0. The number of benzene rings is 1. The Morgan fingerprint density at radius 3 is 2.60 bits per heavy atom. The van der Waals surface area contributed by atoms with Gasteiger partial charge in [0.15, 0.2) is 0 Å². The van der Waals surface area contributed by atoms with Gasteiger partial charge in [0.1, 0.15) is 0 Å². The van der Waals surface area contributed by atoms with Gasteiger partial charge in [0.05, 0.1) is 16.3 Å². The number of pyridine rings is 1. The van der Waals surface area contributed by atoms with Crippen molar-refractivity contribution in [2.75, 3.05) is 5.32 Å². The third kappa shape index (κ3) is 6.12. The van der Waals surface area contributed by atoms with Crippen molar-refractivity contribution in [3.63, 3.8) is 0 Å². The highest BCUT2D eigenvalue weighted by atomic mass is 32.2. The second-order valence-corrected chi connectivity index (χ2v) is 9.66. The molecule has 3 aromatic rings. The van der Waals surface area contributed by atoms with Crippen molar-refractivity contribution in [3.8, 4) is 11.3 Å². The van der Waals surface area contributed by atoms with Crippen LogP contribution in [0.15, 0.2) is 65.8 Å². The summed E-state index contributed by atoms with van der Waals surface area (Å²) in [6, 6.07) is 17.0. The molecule has 3 N–H and O–H groups in total. The fraction of sp³-hybridized carbons (Fsp3) is 0.269.